The molecule has 5 nitrogen and oxygen atoms in total. The Morgan fingerprint density at radius 2 is 2.13 bits per heavy atom. The number of aromatic nitrogens is 3. The van der Waals surface area contributed by atoms with Gasteiger partial charge >= 0.3 is 0 Å². The molecule has 0 aliphatic carbocycles. The lowest BCUT2D eigenvalue weighted by atomic mass is 10.2. The van der Waals surface area contributed by atoms with Gasteiger partial charge in [-0.05, 0) is 6.07 Å². The summed E-state index contributed by atoms with van der Waals surface area (Å²) in [4.78, 5) is 8.21. The van der Waals surface area contributed by atoms with Crippen LogP contribution in [0.5, 0.6) is 0 Å². The van der Waals surface area contributed by atoms with Crippen LogP contribution in [0.2, 0.25) is 0 Å². The summed E-state index contributed by atoms with van der Waals surface area (Å²) in [6, 6.07) is 1.75. The molecular formula is C10H12N4O. The highest BCUT2D eigenvalue weighted by molar-refractivity contribution is 5.57. The zero-order chi connectivity index (χ0) is 10.8. The van der Waals surface area contributed by atoms with Crippen molar-refractivity contribution in [1.29, 1.82) is 0 Å². The molecule has 0 unspecified atom stereocenters. The molecule has 0 amide bonds. The van der Waals surface area contributed by atoms with Gasteiger partial charge in [0.25, 0.3) is 5.89 Å². The molecule has 0 aliphatic rings. The van der Waals surface area contributed by atoms with Gasteiger partial charge in [0.15, 0.2) is 5.82 Å². The Morgan fingerprint density at radius 1 is 1.33 bits per heavy atom. The lowest BCUT2D eigenvalue weighted by Gasteiger charge is -1.95. The summed E-state index contributed by atoms with van der Waals surface area (Å²) in [5.74, 6) is 1.39. The Balaban J connectivity index is 2.37. The van der Waals surface area contributed by atoms with Crippen molar-refractivity contribution >= 4 is 5.69 Å². The second-order valence-corrected chi connectivity index (χ2v) is 3.62. The van der Waals surface area contributed by atoms with E-state index in [2.05, 4.69) is 15.1 Å². The molecule has 0 aliphatic heterocycles. The van der Waals surface area contributed by atoms with E-state index in [1.165, 1.54) is 0 Å². The van der Waals surface area contributed by atoms with E-state index in [9.17, 15) is 0 Å². The molecule has 0 saturated heterocycles. The van der Waals surface area contributed by atoms with E-state index in [1.807, 2.05) is 13.8 Å². The predicted molar refractivity (Wildman–Crippen MR) is 56.0 cm³/mol. The molecule has 0 spiro atoms. The molecule has 2 aromatic heterocycles. The van der Waals surface area contributed by atoms with Gasteiger partial charge in [-0.2, -0.15) is 4.98 Å². The molecule has 2 aromatic rings. The number of nitrogens with zero attached hydrogens (tertiary/aromatic N) is 3. The van der Waals surface area contributed by atoms with Crippen LogP contribution in [0.15, 0.2) is 23.0 Å². The van der Waals surface area contributed by atoms with Gasteiger partial charge < -0.3 is 10.3 Å². The van der Waals surface area contributed by atoms with Crippen LogP contribution in [0.1, 0.15) is 25.6 Å². The van der Waals surface area contributed by atoms with Gasteiger partial charge in [0, 0.05) is 18.3 Å². The van der Waals surface area contributed by atoms with E-state index in [1.54, 1.807) is 18.5 Å². The van der Waals surface area contributed by atoms with Crippen molar-refractivity contribution in [2.75, 3.05) is 5.73 Å². The molecule has 0 aromatic carbocycles. The summed E-state index contributed by atoms with van der Waals surface area (Å²) < 4.78 is 5.11. The third-order valence-electron chi connectivity index (χ3n) is 1.96. The fourth-order valence-electron chi connectivity index (χ4n) is 1.16. The minimum Gasteiger partial charge on any atom is -0.397 e. The summed E-state index contributed by atoms with van der Waals surface area (Å²) in [6.45, 7) is 4.01. The van der Waals surface area contributed by atoms with Crippen LogP contribution in [0.3, 0.4) is 0 Å². The number of nitrogens with two attached hydrogens (primary N) is 1. The number of hydrogen-bond acceptors (Lipinski definition) is 5. The summed E-state index contributed by atoms with van der Waals surface area (Å²) in [6.07, 6.45) is 3.22. The van der Waals surface area contributed by atoms with E-state index >= 15 is 0 Å². The number of anilines is 1. The van der Waals surface area contributed by atoms with Gasteiger partial charge in [-0.15, -0.1) is 0 Å². The van der Waals surface area contributed by atoms with Crippen molar-refractivity contribution in [1.82, 2.24) is 15.1 Å². The lowest BCUT2D eigenvalue weighted by molar-refractivity contribution is 0.419. The molecule has 5 heteroatoms. The van der Waals surface area contributed by atoms with Gasteiger partial charge in [-0.25, -0.2) is 0 Å². The number of pyridine rings is 1. The predicted octanol–water partition coefficient (Wildman–Crippen LogP) is 1.84. The second kappa shape index (κ2) is 3.68. The van der Waals surface area contributed by atoms with Crippen LogP contribution in [0.4, 0.5) is 5.69 Å². The van der Waals surface area contributed by atoms with Crippen LogP contribution in [-0.2, 0) is 0 Å². The van der Waals surface area contributed by atoms with E-state index in [4.69, 9.17) is 10.3 Å². The Hall–Kier alpha value is -1.91. The van der Waals surface area contributed by atoms with Crippen molar-refractivity contribution in [3.05, 3.63) is 24.3 Å². The quantitative estimate of drug-likeness (QED) is 0.807. The van der Waals surface area contributed by atoms with Crippen molar-refractivity contribution < 1.29 is 4.52 Å². The van der Waals surface area contributed by atoms with E-state index < -0.39 is 0 Å². The number of hydrogen-bond donors (Lipinski definition) is 1. The molecular weight excluding hydrogens is 192 g/mol. The minimum absolute atomic E-state index is 0.247. The van der Waals surface area contributed by atoms with Crippen molar-refractivity contribution in [3.63, 3.8) is 0 Å². The third kappa shape index (κ3) is 1.96. The van der Waals surface area contributed by atoms with E-state index in [0.29, 0.717) is 17.4 Å². The Labute approximate surface area is 87.3 Å². The van der Waals surface area contributed by atoms with Crippen LogP contribution in [-0.4, -0.2) is 15.1 Å². The minimum atomic E-state index is 0.247. The monoisotopic (exact) mass is 204 g/mol. The first-order valence-corrected chi connectivity index (χ1v) is 4.71. The maximum Gasteiger partial charge on any atom is 0.259 e. The van der Waals surface area contributed by atoms with Gasteiger partial charge in [-0.3, -0.25) is 4.98 Å². The van der Waals surface area contributed by atoms with Gasteiger partial charge in [0.1, 0.15) is 0 Å². The molecule has 2 N–H and O–H groups in total. The van der Waals surface area contributed by atoms with Crippen molar-refractivity contribution in [2.24, 2.45) is 0 Å². The normalized spacial score (nSPS) is 10.9. The smallest absolute Gasteiger partial charge is 0.259 e. The summed E-state index contributed by atoms with van der Waals surface area (Å²) in [5, 5.41) is 3.87. The topological polar surface area (TPSA) is 77.8 Å². The summed E-state index contributed by atoms with van der Waals surface area (Å²) in [7, 11) is 0. The molecule has 0 radical (unpaired) electrons. The summed E-state index contributed by atoms with van der Waals surface area (Å²) >= 11 is 0. The Bertz CT molecular complexity index is 464. The first-order chi connectivity index (χ1) is 7.16. The van der Waals surface area contributed by atoms with Gasteiger partial charge in [0.2, 0.25) is 0 Å². The van der Waals surface area contributed by atoms with E-state index in [-0.39, 0.29) is 5.92 Å². The molecule has 0 atom stereocenters. The highest BCUT2D eigenvalue weighted by Gasteiger charge is 2.11. The molecule has 0 saturated carbocycles. The first kappa shape index (κ1) is 9.64. The molecule has 15 heavy (non-hydrogen) atoms. The average molecular weight is 204 g/mol. The zero-order valence-electron chi connectivity index (χ0n) is 8.64. The second-order valence-electron chi connectivity index (χ2n) is 3.62. The molecule has 78 valence electrons. The largest absolute Gasteiger partial charge is 0.397 e. The number of nitrogen functional groups attached to an aromatic ring is 1. The standard InChI is InChI=1S/C10H12N4O/c1-6(2)9-13-10(15-14-9)7-3-8(11)5-12-4-7/h3-6H,11H2,1-2H3. The van der Waals surface area contributed by atoms with Gasteiger partial charge in [0.05, 0.1) is 11.3 Å². The van der Waals surface area contributed by atoms with Crippen molar-refractivity contribution in [3.8, 4) is 11.5 Å². The SMILES string of the molecule is CC(C)c1noc(-c2cncc(N)c2)n1. The Morgan fingerprint density at radius 3 is 2.73 bits per heavy atom. The molecule has 0 fully saturated rings. The lowest BCUT2D eigenvalue weighted by Crippen LogP contribution is -1.90. The summed E-state index contributed by atoms with van der Waals surface area (Å²) in [5.41, 5.74) is 6.94. The van der Waals surface area contributed by atoms with Crippen LogP contribution in [0, 0.1) is 0 Å². The molecule has 2 heterocycles. The average Bonchev–Trinajstić information content (AvgIpc) is 2.66. The van der Waals surface area contributed by atoms with Crippen LogP contribution >= 0.6 is 0 Å². The number of rotatable bonds is 2. The maximum absolute atomic E-state index is 5.61. The molecule has 2 rings (SSSR count). The molecule has 0 bridgehead atoms. The zero-order valence-corrected chi connectivity index (χ0v) is 8.64. The van der Waals surface area contributed by atoms with Crippen LogP contribution < -0.4 is 5.73 Å². The fraction of sp³-hybridized carbons (Fsp3) is 0.300. The first-order valence-electron chi connectivity index (χ1n) is 4.71. The van der Waals surface area contributed by atoms with Gasteiger partial charge in [-0.1, -0.05) is 19.0 Å². The highest BCUT2D eigenvalue weighted by Crippen LogP contribution is 2.20. The van der Waals surface area contributed by atoms with E-state index in [0.717, 1.165) is 5.56 Å². The van der Waals surface area contributed by atoms with Crippen molar-refractivity contribution in [2.45, 2.75) is 19.8 Å². The Kier molecular flexibility index (Phi) is 2.37. The van der Waals surface area contributed by atoms with Crippen LogP contribution in [0.25, 0.3) is 11.5 Å². The fourth-order valence-corrected chi connectivity index (χ4v) is 1.16. The third-order valence-corrected chi connectivity index (χ3v) is 1.96. The highest BCUT2D eigenvalue weighted by atomic mass is 16.5. The maximum atomic E-state index is 5.61.